The van der Waals surface area contributed by atoms with Gasteiger partial charge in [-0.2, -0.15) is 0 Å². The van der Waals surface area contributed by atoms with Crippen molar-refractivity contribution in [3.63, 3.8) is 0 Å². The van der Waals surface area contributed by atoms with Crippen LogP contribution in [0.3, 0.4) is 0 Å². The van der Waals surface area contributed by atoms with Crippen LogP contribution in [0.4, 0.5) is 9.59 Å². The number of rotatable bonds is 29. The molecule has 22 nitrogen and oxygen atoms in total. The molecule has 2 aromatic carbocycles. The van der Waals surface area contributed by atoms with Crippen LogP contribution in [0.1, 0.15) is 50.7 Å². The number of alkyl carbamates (subject to hydrolysis) is 2. The molecule has 350 valence electrons. The molecular weight excluding hydrogens is 881 g/mol. The molecule has 0 spiro atoms. The highest BCUT2D eigenvalue weighted by Gasteiger charge is 2.24. The topological polar surface area (TPSA) is 326 Å². The number of carboxylic acids is 2. The average Bonchev–Trinajstić information content (AvgIpc) is 3.27. The highest BCUT2D eigenvalue weighted by Crippen LogP contribution is 2.23. The first-order valence-corrected chi connectivity index (χ1v) is 22.3. The molecule has 10 N–H and O–H groups in total. The third-order valence-electron chi connectivity index (χ3n) is 8.35. The van der Waals surface area contributed by atoms with Crippen LogP contribution in [0.25, 0.3) is 0 Å². The fourth-order valence-electron chi connectivity index (χ4n) is 4.85. The van der Waals surface area contributed by atoms with Crippen molar-refractivity contribution in [3.8, 4) is 0 Å². The van der Waals surface area contributed by atoms with E-state index in [4.69, 9.17) is 9.47 Å². The molecule has 0 radical (unpaired) electrons. The maximum absolute atomic E-state index is 12.4. The summed E-state index contributed by atoms with van der Waals surface area (Å²) in [5.74, 6) is -6.57. The van der Waals surface area contributed by atoms with E-state index in [-0.39, 0.29) is 63.5 Å². The van der Waals surface area contributed by atoms with Crippen molar-refractivity contribution in [2.45, 2.75) is 76.9 Å². The van der Waals surface area contributed by atoms with Crippen LogP contribution < -0.4 is 42.5 Å². The summed E-state index contributed by atoms with van der Waals surface area (Å²) in [4.78, 5) is 121. The molecule has 2 rings (SSSR count). The predicted octanol–water partition coefficient (Wildman–Crippen LogP) is 0.162. The Morgan fingerprint density at radius 3 is 1.22 bits per heavy atom. The van der Waals surface area contributed by atoms with Crippen molar-refractivity contribution in [2.24, 2.45) is 0 Å². The number of nitrogens with one attached hydrogen (secondary N) is 8. The second-order valence-corrected chi connectivity index (χ2v) is 16.2. The van der Waals surface area contributed by atoms with Gasteiger partial charge in [0, 0.05) is 37.4 Å². The van der Waals surface area contributed by atoms with Gasteiger partial charge >= 0.3 is 24.1 Å². The van der Waals surface area contributed by atoms with E-state index in [1.54, 1.807) is 48.5 Å². The number of amides is 8. The lowest BCUT2D eigenvalue weighted by molar-refractivity contribution is -0.141. The van der Waals surface area contributed by atoms with Gasteiger partial charge < -0.3 is 62.2 Å². The molecule has 4 atom stereocenters. The van der Waals surface area contributed by atoms with Gasteiger partial charge in [-0.25, -0.2) is 19.2 Å². The van der Waals surface area contributed by atoms with Gasteiger partial charge in [0.15, 0.2) is 0 Å². The van der Waals surface area contributed by atoms with Gasteiger partial charge in [0.1, 0.15) is 37.4 Å². The molecule has 0 aliphatic carbocycles. The van der Waals surface area contributed by atoms with Gasteiger partial charge in [0.25, 0.3) is 0 Å². The van der Waals surface area contributed by atoms with Crippen molar-refractivity contribution >= 4 is 81.2 Å². The Hall–Kier alpha value is -6.56. The monoisotopic (exact) mass is 934 g/mol. The second kappa shape index (κ2) is 30.5. The van der Waals surface area contributed by atoms with Gasteiger partial charge in [0.05, 0.1) is 13.1 Å². The summed E-state index contributed by atoms with van der Waals surface area (Å²) in [5, 5.41) is 38.3. The SMILES string of the molecule is C[C@H](NC(=O)OCc1ccccc1)C(=O)NCC(=O)NCCCC(=O)N[C@@H](CSSC[C@H](NC(=O)CCCNC(=O)CNC(=O)[C@H](C)NC(=O)OCc1ccccc1)C(=O)O)C(=O)O. The molecule has 0 bridgehead atoms. The Labute approximate surface area is 376 Å². The number of carboxylic acid groups (broad SMARTS) is 2. The first kappa shape index (κ1) is 53.6. The summed E-state index contributed by atoms with van der Waals surface area (Å²) < 4.78 is 10.1. The smallest absolute Gasteiger partial charge is 0.408 e. The molecule has 0 aliphatic rings. The molecule has 2 aromatic rings. The van der Waals surface area contributed by atoms with Crippen molar-refractivity contribution in [1.29, 1.82) is 0 Å². The Balaban J connectivity index is 1.56. The Bertz CT molecular complexity index is 1750. The van der Waals surface area contributed by atoms with Crippen molar-refractivity contribution in [1.82, 2.24) is 42.5 Å². The van der Waals surface area contributed by atoms with Gasteiger partial charge in [-0.15, -0.1) is 0 Å². The van der Waals surface area contributed by atoms with Crippen LogP contribution in [0.5, 0.6) is 0 Å². The quantitative estimate of drug-likeness (QED) is 0.0384. The first-order chi connectivity index (χ1) is 30.5. The van der Waals surface area contributed by atoms with Crippen molar-refractivity contribution in [3.05, 3.63) is 71.8 Å². The van der Waals surface area contributed by atoms with Gasteiger partial charge in [0.2, 0.25) is 35.4 Å². The fraction of sp³-hybridized carbons (Fsp3) is 0.450. The molecule has 0 fully saturated rings. The first-order valence-electron chi connectivity index (χ1n) is 19.9. The van der Waals surface area contributed by atoms with Gasteiger partial charge in [-0.05, 0) is 37.8 Å². The van der Waals surface area contributed by atoms with Crippen molar-refractivity contribution < 1.29 is 67.6 Å². The third kappa shape index (κ3) is 24.2. The fourth-order valence-corrected chi connectivity index (χ4v) is 7.16. The molecule has 0 saturated heterocycles. The minimum absolute atomic E-state index is 0.0111. The predicted molar refractivity (Wildman–Crippen MR) is 233 cm³/mol. The number of carbonyl (C=O) groups excluding carboxylic acids is 8. The van der Waals surface area contributed by atoms with Crippen molar-refractivity contribution in [2.75, 3.05) is 37.7 Å². The molecule has 8 amide bonds. The lowest BCUT2D eigenvalue weighted by atomic mass is 10.2. The van der Waals surface area contributed by atoms with E-state index in [2.05, 4.69) is 42.5 Å². The zero-order chi connectivity index (χ0) is 47.3. The Morgan fingerprint density at radius 2 is 0.875 bits per heavy atom. The molecular formula is C40H54N8O14S2. The molecule has 64 heavy (non-hydrogen) atoms. The van der Waals surface area contributed by atoms with E-state index in [9.17, 15) is 58.2 Å². The van der Waals surface area contributed by atoms with E-state index >= 15 is 0 Å². The van der Waals surface area contributed by atoms with E-state index in [1.165, 1.54) is 13.8 Å². The molecule has 0 aliphatic heterocycles. The summed E-state index contributed by atoms with van der Waals surface area (Å²) >= 11 is 0. The standard InChI is InChI=1S/C40H54N8O14S2/c1-25(45-39(59)61-21-27-11-5-3-6-12-27)35(53)43-19-33(51)41-17-9-15-31(49)47-29(37(55)56)23-63-64-24-30(38(57)58)48-32(50)16-10-18-42-34(52)20-44-36(54)26(2)46-40(60)62-22-28-13-7-4-8-14-28/h3-8,11-14,25-26,29-30H,9-10,15-24H2,1-2H3,(H,41,51)(H,42,52)(H,43,53)(H,44,54)(H,45,59)(H,46,60)(H,47,49)(H,48,50)(H,55,56)(H,57,58)/t25-,26-,29-,30-/m0/s1. The zero-order valence-electron chi connectivity index (χ0n) is 35.2. The number of hydrogen-bond acceptors (Lipinski definition) is 14. The summed E-state index contributed by atoms with van der Waals surface area (Å²) in [6.45, 7) is 2.12. The molecule has 24 heteroatoms. The van der Waals surface area contributed by atoms with Crippen LogP contribution >= 0.6 is 21.6 Å². The van der Waals surface area contributed by atoms with Crippen LogP contribution in [-0.2, 0) is 61.0 Å². The summed E-state index contributed by atoms with van der Waals surface area (Å²) in [5.41, 5.74) is 1.52. The maximum atomic E-state index is 12.4. The molecule has 0 unspecified atom stereocenters. The minimum Gasteiger partial charge on any atom is -0.480 e. The lowest BCUT2D eigenvalue weighted by Crippen LogP contribution is -2.47. The Kier molecular flexibility index (Phi) is 25.5. The number of hydrogen-bond donors (Lipinski definition) is 10. The van der Waals surface area contributed by atoms with Crippen LogP contribution in [0, 0.1) is 0 Å². The highest BCUT2D eigenvalue weighted by molar-refractivity contribution is 8.76. The molecule has 0 aromatic heterocycles. The largest absolute Gasteiger partial charge is 0.480 e. The van der Waals surface area contributed by atoms with E-state index in [1.807, 2.05) is 12.1 Å². The average molecular weight is 935 g/mol. The van der Waals surface area contributed by atoms with Gasteiger partial charge in [-0.3, -0.25) is 28.8 Å². The summed E-state index contributed by atoms with van der Waals surface area (Å²) in [6, 6.07) is 13.2. The number of aliphatic carboxylic acids is 2. The Morgan fingerprint density at radius 1 is 0.516 bits per heavy atom. The number of benzene rings is 2. The summed E-state index contributed by atoms with van der Waals surface area (Å²) in [6.07, 6.45) is -1.62. The normalized spacial score (nSPS) is 12.3. The highest BCUT2D eigenvalue weighted by atomic mass is 33.1. The maximum Gasteiger partial charge on any atom is 0.408 e. The van der Waals surface area contributed by atoms with E-state index in [0.717, 1.165) is 32.7 Å². The third-order valence-corrected chi connectivity index (χ3v) is 10.8. The molecule has 0 saturated carbocycles. The molecule has 0 heterocycles. The zero-order valence-corrected chi connectivity index (χ0v) is 36.8. The van der Waals surface area contributed by atoms with Crippen LogP contribution in [-0.4, -0.2) is 132 Å². The van der Waals surface area contributed by atoms with Crippen LogP contribution in [0.2, 0.25) is 0 Å². The number of ether oxygens (including phenoxy) is 2. The van der Waals surface area contributed by atoms with Gasteiger partial charge in [-0.1, -0.05) is 82.3 Å². The minimum atomic E-state index is -1.33. The number of carbonyl (C=O) groups is 10. The van der Waals surface area contributed by atoms with E-state index < -0.39 is 96.8 Å². The lowest BCUT2D eigenvalue weighted by Gasteiger charge is -2.16. The second-order valence-electron chi connectivity index (χ2n) is 13.7. The van der Waals surface area contributed by atoms with Crippen LogP contribution in [0.15, 0.2) is 60.7 Å². The summed E-state index contributed by atoms with van der Waals surface area (Å²) in [7, 11) is 1.94. The van der Waals surface area contributed by atoms with E-state index in [0.29, 0.717) is 0 Å².